The van der Waals surface area contributed by atoms with Crippen LogP contribution in [0.5, 0.6) is 0 Å². The standard InChI is InChI=1S/C14H19N3O4/c1-16-11(18)6-9(13(16)20)15-10-7-12(19)17(14(10)21)8-4-2-3-5-8/h8-10,15H,2-7H2,1H3. The Hall–Kier alpha value is -1.76. The van der Waals surface area contributed by atoms with Crippen LogP contribution in [0, 0.1) is 0 Å². The van der Waals surface area contributed by atoms with E-state index in [1.165, 1.54) is 11.9 Å². The highest BCUT2D eigenvalue weighted by Gasteiger charge is 2.46. The third-order valence-electron chi connectivity index (χ3n) is 4.66. The molecule has 0 radical (unpaired) electrons. The highest BCUT2D eigenvalue weighted by Crippen LogP contribution is 2.28. The van der Waals surface area contributed by atoms with Crippen molar-refractivity contribution in [3.8, 4) is 0 Å². The molecule has 3 rings (SSSR count). The second kappa shape index (κ2) is 5.22. The Morgan fingerprint density at radius 1 is 0.905 bits per heavy atom. The summed E-state index contributed by atoms with van der Waals surface area (Å²) in [6.07, 6.45) is 3.95. The maximum absolute atomic E-state index is 12.4. The Morgan fingerprint density at radius 2 is 1.48 bits per heavy atom. The smallest absolute Gasteiger partial charge is 0.247 e. The number of likely N-dealkylation sites (N-methyl/N-ethyl adjacent to an activating group) is 1. The van der Waals surface area contributed by atoms with E-state index < -0.39 is 12.1 Å². The summed E-state index contributed by atoms with van der Waals surface area (Å²) >= 11 is 0. The molecular weight excluding hydrogens is 274 g/mol. The summed E-state index contributed by atoms with van der Waals surface area (Å²) in [6.45, 7) is 0. The molecule has 0 spiro atoms. The largest absolute Gasteiger partial charge is 0.294 e. The first-order chi connectivity index (χ1) is 9.99. The van der Waals surface area contributed by atoms with Gasteiger partial charge in [0.15, 0.2) is 0 Å². The molecule has 1 aliphatic carbocycles. The van der Waals surface area contributed by atoms with Crippen LogP contribution in [0.25, 0.3) is 0 Å². The van der Waals surface area contributed by atoms with Gasteiger partial charge in [-0.05, 0) is 12.8 Å². The number of amides is 4. The third-order valence-corrected chi connectivity index (χ3v) is 4.66. The van der Waals surface area contributed by atoms with Crippen molar-refractivity contribution in [1.82, 2.24) is 15.1 Å². The van der Waals surface area contributed by atoms with Gasteiger partial charge in [0.25, 0.3) is 0 Å². The van der Waals surface area contributed by atoms with Crippen molar-refractivity contribution in [1.29, 1.82) is 0 Å². The molecule has 3 aliphatic rings. The Morgan fingerprint density at radius 3 is 2.05 bits per heavy atom. The number of hydrogen-bond donors (Lipinski definition) is 1. The zero-order chi connectivity index (χ0) is 15.1. The molecule has 21 heavy (non-hydrogen) atoms. The fraction of sp³-hybridized carbons (Fsp3) is 0.714. The van der Waals surface area contributed by atoms with Crippen LogP contribution in [0.2, 0.25) is 0 Å². The maximum Gasteiger partial charge on any atom is 0.247 e. The number of nitrogens with zero attached hydrogens (tertiary/aromatic N) is 2. The van der Waals surface area contributed by atoms with Crippen LogP contribution in [-0.2, 0) is 19.2 Å². The monoisotopic (exact) mass is 293 g/mol. The van der Waals surface area contributed by atoms with Gasteiger partial charge in [-0.2, -0.15) is 0 Å². The number of nitrogens with one attached hydrogen (secondary N) is 1. The van der Waals surface area contributed by atoms with Crippen molar-refractivity contribution in [3.63, 3.8) is 0 Å². The van der Waals surface area contributed by atoms with E-state index in [1.807, 2.05) is 0 Å². The second-order valence-corrected chi connectivity index (χ2v) is 6.01. The van der Waals surface area contributed by atoms with E-state index in [1.54, 1.807) is 0 Å². The average Bonchev–Trinajstić information content (AvgIpc) is 3.10. The van der Waals surface area contributed by atoms with Crippen molar-refractivity contribution < 1.29 is 19.2 Å². The van der Waals surface area contributed by atoms with Gasteiger partial charge >= 0.3 is 0 Å². The first-order valence-electron chi connectivity index (χ1n) is 7.41. The topological polar surface area (TPSA) is 86.8 Å². The molecule has 2 heterocycles. The van der Waals surface area contributed by atoms with E-state index in [0.717, 1.165) is 30.6 Å². The minimum absolute atomic E-state index is 0.0142. The minimum Gasteiger partial charge on any atom is -0.294 e. The molecule has 7 heteroatoms. The molecule has 3 fully saturated rings. The molecular formula is C14H19N3O4. The zero-order valence-electron chi connectivity index (χ0n) is 12.0. The lowest BCUT2D eigenvalue weighted by Crippen LogP contribution is -2.48. The number of carbonyl (C=O) groups is 4. The van der Waals surface area contributed by atoms with Crippen molar-refractivity contribution in [3.05, 3.63) is 0 Å². The first-order valence-corrected chi connectivity index (χ1v) is 7.41. The Bertz CT molecular complexity index is 512. The van der Waals surface area contributed by atoms with Crippen molar-refractivity contribution in [2.75, 3.05) is 7.05 Å². The highest BCUT2D eigenvalue weighted by atomic mass is 16.2. The third kappa shape index (κ3) is 2.35. The van der Waals surface area contributed by atoms with Crippen LogP contribution >= 0.6 is 0 Å². The van der Waals surface area contributed by atoms with Gasteiger partial charge < -0.3 is 0 Å². The number of rotatable bonds is 3. The van der Waals surface area contributed by atoms with E-state index in [4.69, 9.17) is 0 Å². The molecule has 1 saturated carbocycles. The number of hydrogen-bond acceptors (Lipinski definition) is 5. The molecule has 0 aromatic rings. The molecule has 114 valence electrons. The Labute approximate surface area is 122 Å². The molecule has 2 atom stereocenters. The molecule has 7 nitrogen and oxygen atoms in total. The predicted octanol–water partition coefficient (Wildman–Crippen LogP) is -0.597. The van der Waals surface area contributed by atoms with Gasteiger partial charge in [0.2, 0.25) is 23.6 Å². The first kappa shape index (κ1) is 14.2. The molecule has 4 amide bonds. The summed E-state index contributed by atoms with van der Waals surface area (Å²) in [6, 6.07) is -1.35. The molecule has 1 N–H and O–H groups in total. The average molecular weight is 293 g/mol. The van der Waals surface area contributed by atoms with Gasteiger partial charge in [-0.1, -0.05) is 12.8 Å². The second-order valence-electron chi connectivity index (χ2n) is 6.01. The summed E-state index contributed by atoms with van der Waals surface area (Å²) < 4.78 is 0. The quantitative estimate of drug-likeness (QED) is 0.702. The lowest BCUT2D eigenvalue weighted by atomic mass is 10.1. The van der Waals surface area contributed by atoms with Crippen LogP contribution in [-0.4, -0.2) is 58.6 Å². The van der Waals surface area contributed by atoms with Gasteiger partial charge in [0, 0.05) is 13.1 Å². The van der Waals surface area contributed by atoms with Crippen molar-refractivity contribution >= 4 is 23.6 Å². The van der Waals surface area contributed by atoms with Crippen LogP contribution in [0.3, 0.4) is 0 Å². The highest BCUT2D eigenvalue weighted by molar-refractivity contribution is 6.08. The fourth-order valence-electron chi connectivity index (χ4n) is 3.46. The number of imide groups is 2. The Kier molecular flexibility index (Phi) is 3.52. The molecule has 2 unspecified atom stereocenters. The summed E-state index contributed by atoms with van der Waals surface area (Å²) in [5.41, 5.74) is 0. The minimum atomic E-state index is -0.687. The van der Waals surface area contributed by atoms with E-state index >= 15 is 0 Å². The lowest BCUT2D eigenvalue weighted by molar-refractivity contribution is -0.141. The van der Waals surface area contributed by atoms with E-state index in [-0.39, 0.29) is 42.5 Å². The number of likely N-dealkylation sites (tertiary alicyclic amines) is 2. The van der Waals surface area contributed by atoms with Crippen LogP contribution in [0.1, 0.15) is 38.5 Å². The molecule has 0 aromatic heterocycles. The van der Waals surface area contributed by atoms with E-state index in [2.05, 4.69) is 5.32 Å². The van der Waals surface area contributed by atoms with Gasteiger partial charge in [0.05, 0.1) is 24.9 Å². The van der Waals surface area contributed by atoms with Gasteiger partial charge in [0.1, 0.15) is 0 Å². The molecule has 2 saturated heterocycles. The van der Waals surface area contributed by atoms with E-state index in [0.29, 0.717) is 0 Å². The molecule has 2 aliphatic heterocycles. The SMILES string of the molecule is CN1C(=O)CC(NC2CC(=O)N(C3CCCC3)C2=O)C1=O. The van der Waals surface area contributed by atoms with E-state index in [9.17, 15) is 19.2 Å². The molecule has 0 bridgehead atoms. The summed E-state index contributed by atoms with van der Waals surface area (Å²) in [5, 5.41) is 2.90. The van der Waals surface area contributed by atoms with Gasteiger partial charge in [-0.25, -0.2) is 0 Å². The normalized spacial score (nSPS) is 31.1. The van der Waals surface area contributed by atoms with Crippen LogP contribution in [0.15, 0.2) is 0 Å². The summed E-state index contributed by atoms with van der Waals surface area (Å²) in [4.78, 5) is 50.2. The lowest BCUT2D eigenvalue weighted by Gasteiger charge is -2.22. The Balaban J connectivity index is 1.67. The van der Waals surface area contributed by atoms with Crippen molar-refractivity contribution in [2.45, 2.75) is 56.7 Å². The van der Waals surface area contributed by atoms with Gasteiger partial charge in [-0.3, -0.25) is 34.3 Å². The van der Waals surface area contributed by atoms with Crippen LogP contribution in [0.4, 0.5) is 0 Å². The summed E-state index contributed by atoms with van der Waals surface area (Å²) in [5.74, 6) is -1.02. The zero-order valence-corrected chi connectivity index (χ0v) is 12.0. The maximum atomic E-state index is 12.4. The number of carbonyl (C=O) groups excluding carboxylic acids is 4. The predicted molar refractivity (Wildman–Crippen MR) is 71.8 cm³/mol. The van der Waals surface area contributed by atoms with Crippen molar-refractivity contribution in [2.24, 2.45) is 0 Å². The van der Waals surface area contributed by atoms with Crippen LogP contribution < -0.4 is 5.32 Å². The fourth-order valence-corrected chi connectivity index (χ4v) is 3.46. The molecule has 0 aromatic carbocycles. The summed E-state index contributed by atoms with van der Waals surface area (Å²) in [7, 11) is 1.43. The van der Waals surface area contributed by atoms with Gasteiger partial charge in [-0.15, -0.1) is 0 Å².